The Hall–Kier alpha value is -5.31. The molecule has 1 saturated heterocycles. The number of nitrogens with one attached hydrogen (secondary N) is 2. The van der Waals surface area contributed by atoms with Gasteiger partial charge in [0, 0.05) is 53.0 Å². The molecule has 0 radical (unpaired) electrons. The molecule has 0 unspecified atom stereocenters. The second-order valence-corrected chi connectivity index (χ2v) is 13.4. The Kier molecular flexibility index (Phi) is 9.35. The van der Waals surface area contributed by atoms with E-state index in [1.807, 2.05) is 18.2 Å². The number of carbonyl (C=O) groups is 1. The molecule has 0 spiro atoms. The van der Waals surface area contributed by atoms with Gasteiger partial charge in [0.15, 0.2) is 5.69 Å². The second kappa shape index (κ2) is 14.3. The van der Waals surface area contributed by atoms with Crippen molar-refractivity contribution in [3.05, 3.63) is 118 Å². The van der Waals surface area contributed by atoms with Gasteiger partial charge in [0.05, 0.1) is 41.4 Å². The summed E-state index contributed by atoms with van der Waals surface area (Å²) < 4.78 is 68.2. The minimum absolute atomic E-state index is 0.0275. The Balaban J connectivity index is 0.968. The quantitative estimate of drug-likeness (QED) is 0.137. The van der Waals surface area contributed by atoms with E-state index in [1.54, 1.807) is 30.3 Å². The van der Waals surface area contributed by atoms with Crippen LogP contribution >= 0.6 is 11.6 Å². The van der Waals surface area contributed by atoms with Crippen molar-refractivity contribution in [2.45, 2.75) is 44.8 Å². The molecule has 3 aromatic heterocycles. The number of carbonyl (C=O) groups excluding carboxylic acids is 1. The summed E-state index contributed by atoms with van der Waals surface area (Å²) in [7, 11) is 0. The fraction of sp³-hybridized carbons (Fsp3) is 0.263. The summed E-state index contributed by atoms with van der Waals surface area (Å²) in [4.78, 5) is 25.2. The molecule has 1 fully saturated rings. The summed E-state index contributed by atoms with van der Waals surface area (Å²) in [5.74, 6) is 0.320. The topological polar surface area (TPSA) is 110 Å². The van der Waals surface area contributed by atoms with E-state index in [2.05, 4.69) is 36.0 Å². The Morgan fingerprint density at radius 3 is 2.70 bits per heavy atom. The fourth-order valence-corrected chi connectivity index (χ4v) is 6.70. The van der Waals surface area contributed by atoms with Gasteiger partial charge in [-0.05, 0) is 73.0 Å². The van der Waals surface area contributed by atoms with Crippen LogP contribution in [0, 0.1) is 5.82 Å². The van der Waals surface area contributed by atoms with Crippen LogP contribution in [0.3, 0.4) is 0 Å². The first-order valence-corrected chi connectivity index (χ1v) is 17.4. The number of H-pyrrole nitrogens is 1. The molecule has 10 nitrogen and oxygen atoms in total. The van der Waals surface area contributed by atoms with E-state index in [4.69, 9.17) is 26.1 Å². The first kappa shape index (κ1) is 34.8. The fourth-order valence-electron chi connectivity index (χ4n) is 6.54. The predicted octanol–water partition coefficient (Wildman–Crippen LogP) is 8.03. The number of aromatic amines is 1. The number of hydrogen-bond donors (Lipinski definition) is 2. The van der Waals surface area contributed by atoms with E-state index >= 15 is 0 Å². The predicted molar refractivity (Wildman–Crippen MR) is 191 cm³/mol. The maximum Gasteiger partial charge on any atom is 0.435 e. The largest absolute Gasteiger partial charge is 0.473 e. The average molecular weight is 746 g/mol. The van der Waals surface area contributed by atoms with E-state index in [1.165, 1.54) is 24.3 Å². The van der Waals surface area contributed by atoms with Gasteiger partial charge in [0.25, 0.3) is 5.91 Å². The second-order valence-electron chi connectivity index (χ2n) is 13.0. The molecule has 3 aromatic carbocycles. The lowest BCUT2D eigenvalue weighted by atomic mass is 10.0. The van der Waals surface area contributed by atoms with E-state index in [9.17, 15) is 22.4 Å². The Morgan fingerprint density at radius 2 is 1.94 bits per heavy atom. The van der Waals surface area contributed by atoms with Gasteiger partial charge in [0.2, 0.25) is 5.88 Å². The standard InChI is InChI=1S/C38H32ClF4N7O3/c39-25-6-4-24(29(40)17-25)21-53-35-3-1-2-30(46-35)22-10-13-49(14-11-22)20-34-45-32-16-23(5-9-33(32)50(34)19-27-12-15-52-27)37(51)44-26-7-8-31-28(18-26)36(48-47-31)38(41,42)43/h1-10,16-18,27H,11-15,19-21H2,(H,44,51)(H,47,48)/t27-/m0/s1. The number of alkyl halides is 3. The third-order valence-corrected chi connectivity index (χ3v) is 9.69. The highest BCUT2D eigenvalue weighted by Gasteiger charge is 2.36. The van der Waals surface area contributed by atoms with Crippen molar-refractivity contribution in [2.75, 3.05) is 25.0 Å². The number of aromatic nitrogens is 5. The number of rotatable bonds is 10. The molecule has 0 bridgehead atoms. The summed E-state index contributed by atoms with van der Waals surface area (Å²) in [6.45, 7) is 3.33. The van der Waals surface area contributed by atoms with Gasteiger partial charge in [-0.2, -0.15) is 18.3 Å². The first-order chi connectivity index (χ1) is 25.6. The van der Waals surface area contributed by atoms with Crippen molar-refractivity contribution in [3.63, 3.8) is 0 Å². The Bertz CT molecular complexity index is 2370. The summed E-state index contributed by atoms with van der Waals surface area (Å²) in [5.41, 5.74) is 3.45. The van der Waals surface area contributed by atoms with Gasteiger partial charge < -0.3 is 19.4 Å². The summed E-state index contributed by atoms with van der Waals surface area (Å²) >= 11 is 5.86. The molecule has 2 aliphatic heterocycles. The van der Waals surface area contributed by atoms with Crippen LogP contribution in [0.1, 0.15) is 46.0 Å². The molecule has 15 heteroatoms. The van der Waals surface area contributed by atoms with Gasteiger partial charge in [0.1, 0.15) is 18.2 Å². The number of fused-ring (bicyclic) bond motifs is 2. The van der Waals surface area contributed by atoms with E-state index in [0.29, 0.717) is 53.8 Å². The van der Waals surface area contributed by atoms with Crippen molar-refractivity contribution in [1.29, 1.82) is 0 Å². The zero-order valence-electron chi connectivity index (χ0n) is 28.1. The summed E-state index contributed by atoms with van der Waals surface area (Å²) in [6.07, 6.45) is -0.748. The monoisotopic (exact) mass is 745 g/mol. The van der Waals surface area contributed by atoms with E-state index in [-0.39, 0.29) is 29.3 Å². The highest BCUT2D eigenvalue weighted by Crippen LogP contribution is 2.34. The maximum absolute atomic E-state index is 14.2. The van der Waals surface area contributed by atoms with Gasteiger partial charge in [-0.15, -0.1) is 0 Å². The number of pyridine rings is 1. The number of nitrogens with zero attached hydrogens (tertiary/aromatic N) is 5. The molecule has 53 heavy (non-hydrogen) atoms. The van der Waals surface area contributed by atoms with Crippen LogP contribution in [0.15, 0.2) is 78.9 Å². The van der Waals surface area contributed by atoms with Crippen molar-refractivity contribution >= 4 is 50.7 Å². The van der Waals surface area contributed by atoms with Crippen LogP contribution < -0.4 is 10.1 Å². The van der Waals surface area contributed by atoms with Crippen LogP contribution in [0.5, 0.6) is 5.88 Å². The number of benzene rings is 3. The molecular formula is C38H32ClF4N7O3. The van der Waals surface area contributed by atoms with Crippen molar-refractivity contribution in [2.24, 2.45) is 0 Å². The zero-order chi connectivity index (χ0) is 36.7. The Labute approximate surface area is 305 Å². The number of ether oxygens (including phenoxy) is 2. The maximum atomic E-state index is 14.2. The molecule has 6 aromatic rings. The van der Waals surface area contributed by atoms with Gasteiger partial charge in [-0.25, -0.2) is 14.4 Å². The highest BCUT2D eigenvalue weighted by atomic mass is 35.5. The Morgan fingerprint density at radius 1 is 1.08 bits per heavy atom. The molecule has 8 rings (SSSR count). The van der Waals surface area contributed by atoms with Crippen LogP contribution in [0.2, 0.25) is 5.02 Å². The highest BCUT2D eigenvalue weighted by molar-refractivity contribution is 6.30. The zero-order valence-corrected chi connectivity index (χ0v) is 28.8. The molecule has 1 atom stereocenters. The SMILES string of the molecule is O=C(Nc1ccc2[nH]nc(C(F)(F)F)c2c1)c1ccc2c(c1)nc(CN1CC=C(c3cccc(OCc4ccc(Cl)cc4F)n3)CC1)n2C[C@@H]1CCO1. The van der Waals surface area contributed by atoms with Crippen molar-refractivity contribution in [3.8, 4) is 5.88 Å². The first-order valence-electron chi connectivity index (χ1n) is 17.0. The number of amides is 1. The third kappa shape index (κ3) is 7.48. The summed E-state index contributed by atoms with van der Waals surface area (Å²) in [6, 6.07) is 19.4. The van der Waals surface area contributed by atoms with E-state index < -0.39 is 23.6 Å². The van der Waals surface area contributed by atoms with Crippen LogP contribution in [0.25, 0.3) is 27.5 Å². The van der Waals surface area contributed by atoms with Gasteiger partial charge in [-0.1, -0.05) is 29.8 Å². The molecule has 2 N–H and O–H groups in total. The van der Waals surface area contributed by atoms with E-state index in [0.717, 1.165) is 42.0 Å². The van der Waals surface area contributed by atoms with Gasteiger partial charge >= 0.3 is 6.18 Å². The number of halogens is 5. The lowest BCUT2D eigenvalue weighted by Gasteiger charge is -2.29. The van der Waals surface area contributed by atoms with Crippen molar-refractivity contribution < 1.29 is 31.8 Å². The molecule has 2 aliphatic rings. The average Bonchev–Trinajstić information content (AvgIpc) is 3.70. The molecular weight excluding hydrogens is 714 g/mol. The minimum atomic E-state index is -4.64. The van der Waals surface area contributed by atoms with Crippen LogP contribution in [-0.4, -0.2) is 61.3 Å². The normalized spacial score (nSPS) is 16.5. The lowest BCUT2D eigenvalue weighted by molar-refractivity contribution is -0.139. The lowest BCUT2D eigenvalue weighted by Crippen LogP contribution is -2.33. The molecule has 272 valence electrons. The molecule has 1 amide bonds. The number of imidazole rings is 1. The number of anilines is 1. The third-order valence-electron chi connectivity index (χ3n) is 9.46. The molecule has 0 aliphatic carbocycles. The smallest absolute Gasteiger partial charge is 0.435 e. The van der Waals surface area contributed by atoms with Crippen LogP contribution in [-0.2, 0) is 30.6 Å². The molecule has 0 saturated carbocycles. The number of hydrogen-bond acceptors (Lipinski definition) is 7. The minimum Gasteiger partial charge on any atom is -0.473 e. The summed E-state index contributed by atoms with van der Waals surface area (Å²) in [5, 5.41) is 8.67. The van der Waals surface area contributed by atoms with Crippen molar-refractivity contribution in [1.82, 2.24) is 29.6 Å². The molecule has 5 heterocycles. The van der Waals surface area contributed by atoms with Gasteiger partial charge in [-0.3, -0.25) is 14.8 Å². The van der Waals surface area contributed by atoms with Crippen LogP contribution in [0.4, 0.5) is 23.2 Å².